The number of carbonyl (C=O) groups excluding carboxylic acids is 1. The highest BCUT2D eigenvalue weighted by Crippen LogP contribution is 2.13. The summed E-state index contributed by atoms with van der Waals surface area (Å²) in [5.41, 5.74) is -0.330. The number of pyridine rings is 1. The van der Waals surface area contributed by atoms with Crippen LogP contribution in [-0.2, 0) is 4.74 Å². The average Bonchev–Trinajstić information content (AvgIpc) is 2.95. The molecule has 1 saturated heterocycles. The van der Waals surface area contributed by atoms with Crippen molar-refractivity contribution in [3.05, 3.63) is 46.0 Å². The van der Waals surface area contributed by atoms with E-state index in [1.807, 2.05) is 0 Å². The summed E-state index contributed by atoms with van der Waals surface area (Å²) in [5, 5.41) is 6.11. The molecule has 1 aromatic heterocycles. The van der Waals surface area contributed by atoms with Gasteiger partial charge in [0.05, 0.1) is 17.7 Å². The van der Waals surface area contributed by atoms with Crippen molar-refractivity contribution in [2.24, 2.45) is 0 Å². The van der Waals surface area contributed by atoms with Crippen molar-refractivity contribution in [2.75, 3.05) is 20.2 Å². The molecular formula is C15H16FN3O3. The van der Waals surface area contributed by atoms with Gasteiger partial charge in [-0.3, -0.25) is 9.59 Å². The zero-order chi connectivity index (χ0) is 15.7. The Kier molecular flexibility index (Phi) is 3.91. The molecule has 0 bridgehead atoms. The van der Waals surface area contributed by atoms with E-state index in [-0.39, 0.29) is 28.7 Å². The van der Waals surface area contributed by atoms with E-state index in [0.717, 1.165) is 0 Å². The van der Waals surface area contributed by atoms with E-state index in [1.54, 1.807) is 7.11 Å². The van der Waals surface area contributed by atoms with Crippen LogP contribution in [0, 0.1) is 5.82 Å². The Morgan fingerprint density at radius 2 is 2.23 bits per heavy atom. The number of methoxy groups -OCH3 is 1. The highest BCUT2D eigenvalue weighted by Gasteiger charge is 2.28. The zero-order valence-corrected chi connectivity index (χ0v) is 12.0. The molecule has 3 N–H and O–H groups in total. The first-order chi connectivity index (χ1) is 10.6. The second kappa shape index (κ2) is 5.86. The molecule has 0 spiro atoms. The predicted octanol–water partition coefficient (Wildman–Crippen LogP) is 0.384. The van der Waals surface area contributed by atoms with Gasteiger partial charge in [-0.2, -0.15) is 0 Å². The fourth-order valence-corrected chi connectivity index (χ4v) is 2.65. The van der Waals surface area contributed by atoms with Crippen LogP contribution < -0.4 is 16.1 Å². The number of hydrogen-bond acceptors (Lipinski definition) is 4. The summed E-state index contributed by atoms with van der Waals surface area (Å²) >= 11 is 0. The molecule has 0 saturated carbocycles. The molecule has 1 aliphatic heterocycles. The van der Waals surface area contributed by atoms with Gasteiger partial charge in [-0.1, -0.05) is 6.07 Å². The number of aromatic amines is 1. The molecule has 2 atom stereocenters. The summed E-state index contributed by atoms with van der Waals surface area (Å²) in [4.78, 5) is 27.0. The van der Waals surface area contributed by atoms with Crippen LogP contribution in [0.25, 0.3) is 10.9 Å². The van der Waals surface area contributed by atoms with Crippen molar-refractivity contribution in [2.45, 2.75) is 12.1 Å². The summed E-state index contributed by atoms with van der Waals surface area (Å²) in [5.74, 6) is -1.03. The fourth-order valence-electron chi connectivity index (χ4n) is 2.65. The molecule has 1 aliphatic rings. The SMILES string of the molecule is CO[C@H]1CNC[C@@H]1NC(=O)c1cc(=O)c2cccc(F)c2[nH]1. The van der Waals surface area contributed by atoms with Gasteiger partial charge in [0.1, 0.15) is 11.5 Å². The molecule has 1 amide bonds. The number of benzene rings is 1. The minimum Gasteiger partial charge on any atom is -0.378 e. The Labute approximate surface area is 125 Å². The number of para-hydroxylation sites is 1. The minimum atomic E-state index is -0.568. The van der Waals surface area contributed by atoms with Crippen molar-refractivity contribution in [3.63, 3.8) is 0 Å². The third-order valence-corrected chi connectivity index (χ3v) is 3.84. The van der Waals surface area contributed by atoms with Crippen LogP contribution in [-0.4, -0.2) is 43.2 Å². The average molecular weight is 305 g/mol. The molecule has 116 valence electrons. The molecule has 1 fully saturated rings. The predicted molar refractivity (Wildman–Crippen MR) is 79.4 cm³/mol. The number of ether oxygens (including phenoxy) is 1. The number of rotatable bonds is 3. The number of carbonyl (C=O) groups is 1. The maximum absolute atomic E-state index is 13.8. The van der Waals surface area contributed by atoms with Crippen molar-refractivity contribution in [1.82, 2.24) is 15.6 Å². The van der Waals surface area contributed by atoms with Gasteiger partial charge >= 0.3 is 0 Å². The Hall–Kier alpha value is -2.25. The summed E-state index contributed by atoms with van der Waals surface area (Å²) in [7, 11) is 1.57. The number of amides is 1. The first-order valence-electron chi connectivity index (χ1n) is 6.96. The Morgan fingerprint density at radius 3 is 3.00 bits per heavy atom. The third-order valence-electron chi connectivity index (χ3n) is 3.84. The lowest BCUT2D eigenvalue weighted by molar-refractivity contribution is 0.0776. The molecule has 0 unspecified atom stereocenters. The van der Waals surface area contributed by atoms with E-state index < -0.39 is 17.2 Å². The number of fused-ring (bicyclic) bond motifs is 1. The Bertz CT molecular complexity index is 774. The lowest BCUT2D eigenvalue weighted by Gasteiger charge is -2.18. The van der Waals surface area contributed by atoms with Crippen LogP contribution in [0.4, 0.5) is 4.39 Å². The summed E-state index contributed by atoms with van der Waals surface area (Å²) in [6.45, 7) is 1.22. The maximum atomic E-state index is 13.8. The lowest BCUT2D eigenvalue weighted by atomic mass is 10.1. The summed E-state index contributed by atoms with van der Waals surface area (Å²) < 4.78 is 19.1. The molecule has 3 rings (SSSR count). The van der Waals surface area contributed by atoms with E-state index >= 15 is 0 Å². The minimum absolute atomic E-state index is 0.0318. The maximum Gasteiger partial charge on any atom is 0.268 e. The molecule has 7 heteroatoms. The molecule has 6 nitrogen and oxygen atoms in total. The van der Waals surface area contributed by atoms with Gasteiger partial charge in [0.25, 0.3) is 5.91 Å². The van der Waals surface area contributed by atoms with Crippen LogP contribution in [0.3, 0.4) is 0 Å². The molecule has 0 radical (unpaired) electrons. The quantitative estimate of drug-likeness (QED) is 0.766. The first-order valence-corrected chi connectivity index (χ1v) is 6.96. The number of nitrogens with one attached hydrogen (secondary N) is 3. The lowest BCUT2D eigenvalue weighted by Crippen LogP contribution is -2.44. The monoisotopic (exact) mass is 305 g/mol. The van der Waals surface area contributed by atoms with Crippen molar-refractivity contribution >= 4 is 16.8 Å². The molecule has 1 aromatic carbocycles. The Balaban J connectivity index is 1.91. The van der Waals surface area contributed by atoms with E-state index in [4.69, 9.17) is 4.74 Å². The van der Waals surface area contributed by atoms with Crippen LogP contribution in [0.5, 0.6) is 0 Å². The highest BCUT2D eigenvalue weighted by atomic mass is 19.1. The molecule has 22 heavy (non-hydrogen) atoms. The summed E-state index contributed by atoms with van der Waals surface area (Å²) in [6.07, 6.45) is -0.132. The fraction of sp³-hybridized carbons (Fsp3) is 0.333. The van der Waals surface area contributed by atoms with E-state index in [9.17, 15) is 14.0 Å². The second-order valence-corrected chi connectivity index (χ2v) is 5.22. The van der Waals surface area contributed by atoms with Gasteiger partial charge in [-0.25, -0.2) is 4.39 Å². The number of H-pyrrole nitrogens is 1. The Morgan fingerprint density at radius 1 is 1.41 bits per heavy atom. The number of aromatic nitrogens is 1. The van der Waals surface area contributed by atoms with Gasteiger partial charge in [0.2, 0.25) is 0 Å². The van der Waals surface area contributed by atoms with Gasteiger partial charge < -0.3 is 20.4 Å². The molecule has 2 heterocycles. The van der Waals surface area contributed by atoms with Crippen LogP contribution >= 0.6 is 0 Å². The highest BCUT2D eigenvalue weighted by molar-refractivity contribution is 5.95. The molecule has 0 aliphatic carbocycles. The van der Waals surface area contributed by atoms with Crippen LogP contribution in [0.2, 0.25) is 0 Å². The van der Waals surface area contributed by atoms with Crippen molar-refractivity contribution < 1.29 is 13.9 Å². The topological polar surface area (TPSA) is 83.2 Å². The largest absolute Gasteiger partial charge is 0.378 e. The van der Waals surface area contributed by atoms with Gasteiger partial charge in [0.15, 0.2) is 5.43 Å². The van der Waals surface area contributed by atoms with Crippen molar-refractivity contribution in [1.29, 1.82) is 0 Å². The van der Waals surface area contributed by atoms with Crippen LogP contribution in [0.15, 0.2) is 29.1 Å². The van der Waals surface area contributed by atoms with Gasteiger partial charge in [0, 0.05) is 31.7 Å². The van der Waals surface area contributed by atoms with E-state index in [1.165, 1.54) is 24.3 Å². The van der Waals surface area contributed by atoms with E-state index in [0.29, 0.717) is 13.1 Å². The second-order valence-electron chi connectivity index (χ2n) is 5.22. The summed E-state index contributed by atoms with van der Waals surface area (Å²) in [6, 6.07) is 5.20. The molecule has 2 aromatic rings. The zero-order valence-electron chi connectivity index (χ0n) is 12.0. The number of hydrogen-bond donors (Lipinski definition) is 3. The van der Waals surface area contributed by atoms with Gasteiger partial charge in [-0.15, -0.1) is 0 Å². The van der Waals surface area contributed by atoms with Crippen LogP contribution in [0.1, 0.15) is 10.5 Å². The first kappa shape index (κ1) is 14.7. The number of halogens is 1. The van der Waals surface area contributed by atoms with E-state index in [2.05, 4.69) is 15.6 Å². The molecular weight excluding hydrogens is 289 g/mol. The third kappa shape index (κ3) is 2.60. The normalized spacial score (nSPS) is 21.2. The smallest absolute Gasteiger partial charge is 0.268 e. The van der Waals surface area contributed by atoms with Crippen molar-refractivity contribution in [3.8, 4) is 0 Å². The standard InChI is InChI=1S/C15H16FN3O3/c1-22-13-7-17-6-11(13)19-15(21)10-5-12(20)8-3-2-4-9(16)14(8)18-10/h2-5,11,13,17H,6-7H2,1H3,(H,18,20)(H,19,21)/t11-,13-/m0/s1. The van der Waals surface area contributed by atoms with Gasteiger partial charge in [-0.05, 0) is 12.1 Å².